The molecule has 1 unspecified atom stereocenters. The number of rotatable bonds is 3. The van der Waals surface area contributed by atoms with Crippen molar-refractivity contribution in [2.75, 3.05) is 13.7 Å². The largest absolute Gasteiger partial charge is 0.481 e. The van der Waals surface area contributed by atoms with Gasteiger partial charge in [0.2, 0.25) is 5.88 Å². The van der Waals surface area contributed by atoms with Gasteiger partial charge in [0.15, 0.2) is 0 Å². The molecule has 1 saturated heterocycles. The molecule has 0 aliphatic carbocycles. The molecule has 0 radical (unpaired) electrons. The van der Waals surface area contributed by atoms with Crippen LogP contribution in [0.25, 0.3) is 0 Å². The maximum Gasteiger partial charge on any atom is 0.222 e. The van der Waals surface area contributed by atoms with E-state index in [2.05, 4.69) is 15.3 Å². The molecule has 0 saturated carbocycles. The van der Waals surface area contributed by atoms with Gasteiger partial charge in [-0.3, -0.25) is 0 Å². The summed E-state index contributed by atoms with van der Waals surface area (Å²) in [5, 5.41) is 3.46. The van der Waals surface area contributed by atoms with Crippen LogP contribution in [0, 0.1) is 0 Å². The highest BCUT2D eigenvalue weighted by molar-refractivity contribution is 5.32. The van der Waals surface area contributed by atoms with Crippen molar-refractivity contribution in [3.63, 3.8) is 0 Å². The molecule has 17 heavy (non-hydrogen) atoms. The first-order valence-corrected chi connectivity index (χ1v) is 6.10. The average Bonchev–Trinajstić information content (AvgIpc) is 2.98. The van der Waals surface area contributed by atoms with Gasteiger partial charge in [-0.15, -0.1) is 0 Å². The topological polar surface area (TPSA) is 56.3 Å². The first-order valence-electron chi connectivity index (χ1n) is 6.10. The van der Waals surface area contributed by atoms with Crippen LogP contribution in [-0.4, -0.2) is 29.7 Å². The van der Waals surface area contributed by atoms with Crippen LogP contribution in [0.15, 0.2) is 0 Å². The van der Waals surface area contributed by atoms with Gasteiger partial charge in [-0.25, -0.2) is 4.98 Å². The van der Waals surface area contributed by atoms with E-state index in [1.54, 1.807) is 7.11 Å². The molecule has 1 aromatic heterocycles. The molecule has 5 heteroatoms. The molecule has 1 aromatic rings. The van der Waals surface area contributed by atoms with Crippen LogP contribution in [0.2, 0.25) is 0 Å². The number of hydrogen-bond donors (Lipinski definition) is 1. The number of methoxy groups -OCH3 is 1. The van der Waals surface area contributed by atoms with Gasteiger partial charge < -0.3 is 14.8 Å². The van der Waals surface area contributed by atoms with E-state index in [1.807, 2.05) is 0 Å². The zero-order valence-electron chi connectivity index (χ0n) is 10.0. The Morgan fingerprint density at radius 3 is 3.12 bits per heavy atom. The minimum absolute atomic E-state index is 0.514. The fourth-order valence-corrected chi connectivity index (χ4v) is 2.48. The van der Waals surface area contributed by atoms with Crippen molar-refractivity contribution in [3.05, 3.63) is 17.1 Å². The quantitative estimate of drug-likeness (QED) is 0.840. The summed E-state index contributed by atoms with van der Waals surface area (Å²) in [5.41, 5.74) is 2.00. The van der Waals surface area contributed by atoms with Crippen LogP contribution in [0.5, 0.6) is 5.88 Å². The Balaban J connectivity index is 1.84. The highest BCUT2D eigenvalue weighted by Crippen LogP contribution is 2.26. The van der Waals surface area contributed by atoms with Crippen LogP contribution in [0.3, 0.4) is 0 Å². The first-order chi connectivity index (χ1) is 8.36. The number of ether oxygens (including phenoxy) is 2. The third-order valence-corrected chi connectivity index (χ3v) is 3.37. The fourth-order valence-electron chi connectivity index (χ4n) is 2.48. The van der Waals surface area contributed by atoms with E-state index in [9.17, 15) is 0 Å². The van der Waals surface area contributed by atoms with Gasteiger partial charge >= 0.3 is 0 Å². The van der Waals surface area contributed by atoms with E-state index >= 15 is 0 Å². The molecular weight excluding hydrogens is 218 g/mol. The van der Waals surface area contributed by atoms with Crippen molar-refractivity contribution in [2.24, 2.45) is 0 Å². The molecule has 0 bridgehead atoms. The van der Waals surface area contributed by atoms with Crippen LogP contribution in [0.4, 0.5) is 0 Å². The van der Waals surface area contributed by atoms with E-state index in [4.69, 9.17) is 9.47 Å². The van der Waals surface area contributed by atoms with Gasteiger partial charge in [-0.2, -0.15) is 4.98 Å². The van der Waals surface area contributed by atoms with Crippen molar-refractivity contribution < 1.29 is 9.47 Å². The summed E-state index contributed by atoms with van der Waals surface area (Å²) in [4.78, 5) is 9.04. The molecule has 0 amide bonds. The van der Waals surface area contributed by atoms with E-state index in [1.165, 1.54) is 12.8 Å². The molecule has 92 valence electrons. The summed E-state index contributed by atoms with van der Waals surface area (Å²) in [6, 6.07) is 0.514. The number of hydrogen-bond acceptors (Lipinski definition) is 5. The molecular formula is C12H17N3O2. The molecule has 2 aliphatic rings. The summed E-state index contributed by atoms with van der Waals surface area (Å²) < 4.78 is 10.7. The van der Waals surface area contributed by atoms with E-state index in [0.717, 1.165) is 30.0 Å². The molecule has 5 nitrogen and oxygen atoms in total. The molecule has 0 aromatic carbocycles. The van der Waals surface area contributed by atoms with E-state index < -0.39 is 0 Å². The molecule has 2 aliphatic heterocycles. The van der Waals surface area contributed by atoms with Crippen LogP contribution in [-0.2, 0) is 24.4 Å². The van der Waals surface area contributed by atoms with Crippen molar-refractivity contribution >= 4 is 0 Å². The molecule has 1 fully saturated rings. The summed E-state index contributed by atoms with van der Waals surface area (Å²) in [7, 11) is 1.65. The number of aromatic nitrogens is 2. The summed E-state index contributed by atoms with van der Waals surface area (Å²) in [5.74, 6) is 1.55. The Morgan fingerprint density at radius 1 is 1.41 bits per heavy atom. The fraction of sp³-hybridized carbons (Fsp3) is 0.667. The average molecular weight is 235 g/mol. The summed E-state index contributed by atoms with van der Waals surface area (Å²) in [6.45, 7) is 2.26. The van der Waals surface area contributed by atoms with E-state index in [0.29, 0.717) is 25.1 Å². The van der Waals surface area contributed by atoms with Gasteiger partial charge in [0, 0.05) is 12.5 Å². The van der Waals surface area contributed by atoms with Gasteiger partial charge in [-0.1, -0.05) is 0 Å². The zero-order valence-corrected chi connectivity index (χ0v) is 10.0. The number of nitrogens with one attached hydrogen (secondary N) is 1. The second kappa shape index (κ2) is 4.58. The monoisotopic (exact) mass is 235 g/mol. The highest BCUT2D eigenvalue weighted by Gasteiger charge is 2.22. The third-order valence-electron chi connectivity index (χ3n) is 3.37. The summed E-state index contributed by atoms with van der Waals surface area (Å²) in [6.07, 6.45) is 3.33. The number of nitrogens with zero attached hydrogens (tertiary/aromatic N) is 2. The standard InChI is InChI=1S/C12H17N3O2/c1-16-12-9-6-17-7-10(9)14-11(15-12)5-8-3-2-4-13-8/h8,13H,2-7H2,1H3. The highest BCUT2D eigenvalue weighted by atomic mass is 16.5. The van der Waals surface area contributed by atoms with Gasteiger partial charge in [0.1, 0.15) is 5.82 Å². The molecule has 3 rings (SSSR count). The van der Waals surface area contributed by atoms with E-state index in [-0.39, 0.29) is 0 Å². The summed E-state index contributed by atoms with van der Waals surface area (Å²) >= 11 is 0. The molecule has 1 N–H and O–H groups in total. The van der Waals surface area contributed by atoms with Crippen LogP contribution >= 0.6 is 0 Å². The zero-order chi connectivity index (χ0) is 11.7. The SMILES string of the molecule is COc1nc(CC2CCCN2)nc2c1COC2. The first kappa shape index (κ1) is 10.9. The lowest BCUT2D eigenvalue weighted by atomic mass is 10.1. The minimum atomic E-state index is 0.514. The Kier molecular flexibility index (Phi) is 2.94. The van der Waals surface area contributed by atoms with Crippen molar-refractivity contribution in [2.45, 2.75) is 38.5 Å². The predicted molar refractivity (Wildman–Crippen MR) is 61.8 cm³/mol. The maximum atomic E-state index is 5.38. The third kappa shape index (κ3) is 2.12. The predicted octanol–water partition coefficient (Wildman–Crippen LogP) is 0.810. The normalized spacial score (nSPS) is 22.8. The van der Waals surface area contributed by atoms with Gasteiger partial charge in [0.25, 0.3) is 0 Å². The lowest BCUT2D eigenvalue weighted by Gasteiger charge is -2.11. The second-order valence-corrected chi connectivity index (χ2v) is 4.56. The Bertz CT molecular complexity index is 416. The Labute approximate surface area is 101 Å². The van der Waals surface area contributed by atoms with Crippen molar-refractivity contribution in [3.8, 4) is 5.88 Å². The smallest absolute Gasteiger partial charge is 0.222 e. The van der Waals surface area contributed by atoms with Crippen molar-refractivity contribution in [1.82, 2.24) is 15.3 Å². The van der Waals surface area contributed by atoms with Gasteiger partial charge in [0.05, 0.1) is 31.6 Å². The van der Waals surface area contributed by atoms with Gasteiger partial charge in [-0.05, 0) is 19.4 Å². The molecule has 1 atom stereocenters. The van der Waals surface area contributed by atoms with Crippen molar-refractivity contribution in [1.29, 1.82) is 0 Å². The second-order valence-electron chi connectivity index (χ2n) is 4.56. The Hall–Kier alpha value is -1.20. The minimum Gasteiger partial charge on any atom is -0.481 e. The Morgan fingerprint density at radius 2 is 2.35 bits per heavy atom. The lowest BCUT2D eigenvalue weighted by Crippen LogP contribution is -2.25. The maximum absolute atomic E-state index is 5.38. The lowest BCUT2D eigenvalue weighted by molar-refractivity contribution is 0.132. The van der Waals surface area contributed by atoms with Crippen LogP contribution < -0.4 is 10.1 Å². The molecule has 3 heterocycles. The number of fused-ring (bicyclic) bond motifs is 1. The molecule has 0 spiro atoms. The van der Waals surface area contributed by atoms with Crippen LogP contribution in [0.1, 0.15) is 29.9 Å².